The predicted molar refractivity (Wildman–Crippen MR) is 107 cm³/mol. The molecule has 0 radical (unpaired) electrons. The van der Waals surface area contributed by atoms with Crippen molar-refractivity contribution in [2.75, 3.05) is 11.9 Å². The van der Waals surface area contributed by atoms with Crippen LogP contribution in [0.3, 0.4) is 0 Å². The van der Waals surface area contributed by atoms with E-state index < -0.39 is 6.04 Å². The number of para-hydroxylation sites is 1. The third kappa shape index (κ3) is 3.64. The highest BCUT2D eigenvalue weighted by Crippen LogP contribution is 2.28. The van der Waals surface area contributed by atoms with E-state index in [9.17, 15) is 9.59 Å². The lowest BCUT2D eigenvalue weighted by Gasteiger charge is -2.13. The number of allylic oxidation sites excluding steroid dienone is 1. The molecule has 4 rings (SSSR count). The molecule has 1 aliphatic carbocycles. The molecule has 0 unspecified atom stereocenters. The maximum Gasteiger partial charge on any atom is 0.257 e. The summed E-state index contributed by atoms with van der Waals surface area (Å²) in [6.07, 6.45) is 8.03. The van der Waals surface area contributed by atoms with E-state index in [1.54, 1.807) is 0 Å². The van der Waals surface area contributed by atoms with Crippen molar-refractivity contribution in [2.24, 2.45) is 0 Å². The maximum atomic E-state index is 12.7. The SMILES string of the molecule is O=C(C[C@H]1Nc2c3ccccc3nc(=S)n2C1=O)NCCC1=CCCCC1. The minimum Gasteiger partial charge on any atom is -0.358 e. The van der Waals surface area contributed by atoms with E-state index in [0.29, 0.717) is 12.4 Å². The highest BCUT2D eigenvalue weighted by Gasteiger charge is 2.33. The lowest BCUT2D eigenvalue weighted by molar-refractivity contribution is -0.121. The molecule has 2 aromatic rings. The fourth-order valence-corrected chi connectivity index (χ4v) is 4.04. The van der Waals surface area contributed by atoms with Gasteiger partial charge in [-0.2, -0.15) is 0 Å². The molecule has 0 bridgehead atoms. The molecule has 1 aliphatic heterocycles. The van der Waals surface area contributed by atoms with Gasteiger partial charge in [-0.15, -0.1) is 0 Å². The normalized spacial score (nSPS) is 18.7. The third-order valence-corrected chi connectivity index (χ3v) is 5.44. The van der Waals surface area contributed by atoms with Gasteiger partial charge < -0.3 is 10.6 Å². The fourth-order valence-electron chi connectivity index (χ4n) is 3.76. The first-order valence-electron chi connectivity index (χ1n) is 9.40. The van der Waals surface area contributed by atoms with Gasteiger partial charge in [-0.3, -0.25) is 9.59 Å². The summed E-state index contributed by atoms with van der Waals surface area (Å²) in [5.74, 6) is 0.271. The number of nitrogens with zero attached hydrogens (tertiary/aromatic N) is 2. The summed E-state index contributed by atoms with van der Waals surface area (Å²) < 4.78 is 1.62. The predicted octanol–water partition coefficient (Wildman–Crippen LogP) is 3.60. The van der Waals surface area contributed by atoms with Gasteiger partial charge in [0.2, 0.25) is 10.7 Å². The number of carbonyl (C=O) groups excluding carboxylic acids is 2. The van der Waals surface area contributed by atoms with Gasteiger partial charge in [-0.05, 0) is 56.5 Å². The fraction of sp³-hybridized carbons (Fsp3) is 0.400. The van der Waals surface area contributed by atoms with Crippen molar-refractivity contribution in [3.8, 4) is 0 Å². The Labute approximate surface area is 162 Å². The van der Waals surface area contributed by atoms with E-state index in [1.165, 1.54) is 23.0 Å². The minimum absolute atomic E-state index is 0.0860. The largest absolute Gasteiger partial charge is 0.358 e. The average Bonchev–Trinajstić information content (AvgIpc) is 3.00. The van der Waals surface area contributed by atoms with Crippen LogP contribution in [0.4, 0.5) is 5.82 Å². The van der Waals surface area contributed by atoms with Gasteiger partial charge in [0.15, 0.2) is 0 Å². The van der Waals surface area contributed by atoms with Crippen molar-refractivity contribution in [1.29, 1.82) is 0 Å². The number of anilines is 1. The molecule has 0 saturated carbocycles. The van der Waals surface area contributed by atoms with Crippen LogP contribution in [0.5, 0.6) is 0 Å². The van der Waals surface area contributed by atoms with E-state index in [0.717, 1.165) is 30.2 Å². The number of amides is 1. The summed E-state index contributed by atoms with van der Waals surface area (Å²) in [5.41, 5.74) is 2.16. The summed E-state index contributed by atoms with van der Waals surface area (Å²) >= 11 is 5.28. The van der Waals surface area contributed by atoms with E-state index >= 15 is 0 Å². The molecule has 0 saturated heterocycles. The van der Waals surface area contributed by atoms with E-state index in [1.807, 2.05) is 24.3 Å². The number of fused-ring (bicyclic) bond motifs is 3. The Kier molecular flexibility index (Phi) is 5.03. The summed E-state index contributed by atoms with van der Waals surface area (Å²) in [7, 11) is 0. The molecule has 6 nitrogen and oxygen atoms in total. The molecule has 0 fully saturated rings. The highest BCUT2D eigenvalue weighted by molar-refractivity contribution is 7.71. The number of carbonyl (C=O) groups is 2. The van der Waals surface area contributed by atoms with Crippen LogP contribution in [-0.2, 0) is 4.79 Å². The van der Waals surface area contributed by atoms with Crippen LogP contribution in [0.2, 0.25) is 0 Å². The van der Waals surface area contributed by atoms with Crippen molar-refractivity contribution < 1.29 is 9.59 Å². The summed E-state index contributed by atoms with van der Waals surface area (Å²) in [5, 5.41) is 6.93. The lowest BCUT2D eigenvalue weighted by atomic mass is 9.97. The number of hydrogen-bond donors (Lipinski definition) is 2. The number of hydrogen-bond acceptors (Lipinski definition) is 5. The zero-order valence-electron chi connectivity index (χ0n) is 15.0. The molecule has 0 spiro atoms. The maximum absolute atomic E-state index is 12.7. The number of rotatable bonds is 5. The van der Waals surface area contributed by atoms with Gasteiger partial charge in [0.1, 0.15) is 11.9 Å². The first-order chi connectivity index (χ1) is 13.1. The van der Waals surface area contributed by atoms with Crippen molar-refractivity contribution in [1.82, 2.24) is 14.9 Å². The van der Waals surface area contributed by atoms with Crippen LogP contribution in [0.25, 0.3) is 10.9 Å². The monoisotopic (exact) mass is 382 g/mol. The molecule has 1 atom stereocenters. The Morgan fingerprint density at radius 1 is 1.33 bits per heavy atom. The standard InChI is InChI=1S/C20H22N4O2S/c25-17(21-11-10-13-6-2-1-3-7-13)12-16-19(26)24-18(22-16)14-8-4-5-9-15(14)23-20(24)27/h4-6,8-9,16,22H,1-3,7,10-12H2,(H,21,25)/t16-/m1/s1. The van der Waals surface area contributed by atoms with E-state index in [4.69, 9.17) is 12.2 Å². The molecule has 1 amide bonds. The van der Waals surface area contributed by atoms with Crippen molar-refractivity contribution in [3.63, 3.8) is 0 Å². The average molecular weight is 382 g/mol. The van der Waals surface area contributed by atoms with Gasteiger partial charge in [-0.1, -0.05) is 23.8 Å². The van der Waals surface area contributed by atoms with Gasteiger partial charge in [0, 0.05) is 11.9 Å². The summed E-state index contributed by atoms with van der Waals surface area (Å²) in [4.78, 5) is 29.4. The first kappa shape index (κ1) is 17.9. The highest BCUT2D eigenvalue weighted by atomic mass is 32.1. The lowest BCUT2D eigenvalue weighted by Crippen LogP contribution is -2.34. The Morgan fingerprint density at radius 2 is 2.19 bits per heavy atom. The molecule has 7 heteroatoms. The van der Waals surface area contributed by atoms with Crippen LogP contribution < -0.4 is 10.6 Å². The number of benzene rings is 1. The van der Waals surface area contributed by atoms with Crippen LogP contribution in [0.15, 0.2) is 35.9 Å². The van der Waals surface area contributed by atoms with E-state index in [2.05, 4.69) is 21.7 Å². The molecular weight excluding hydrogens is 360 g/mol. The number of nitrogens with one attached hydrogen (secondary N) is 2. The second kappa shape index (κ2) is 7.60. The Balaban J connectivity index is 1.41. The van der Waals surface area contributed by atoms with Crippen molar-refractivity contribution in [3.05, 3.63) is 40.7 Å². The smallest absolute Gasteiger partial charge is 0.257 e. The second-order valence-electron chi connectivity index (χ2n) is 7.04. The topological polar surface area (TPSA) is 76.0 Å². The molecule has 1 aromatic carbocycles. The van der Waals surface area contributed by atoms with Crippen LogP contribution in [-0.4, -0.2) is 34.0 Å². The Bertz CT molecular complexity index is 995. The summed E-state index contributed by atoms with van der Waals surface area (Å²) in [6.45, 7) is 0.614. The molecule has 2 heterocycles. The third-order valence-electron chi connectivity index (χ3n) is 5.16. The second-order valence-corrected chi connectivity index (χ2v) is 7.41. The molecule has 27 heavy (non-hydrogen) atoms. The van der Waals surface area contributed by atoms with Crippen molar-refractivity contribution >= 4 is 40.8 Å². The van der Waals surface area contributed by atoms with Gasteiger partial charge in [0.25, 0.3) is 5.91 Å². The summed E-state index contributed by atoms with van der Waals surface area (Å²) in [6, 6.07) is 6.90. The van der Waals surface area contributed by atoms with Crippen LogP contribution in [0.1, 0.15) is 43.3 Å². The van der Waals surface area contributed by atoms with E-state index in [-0.39, 0.29) is 23.0 Å². The Hall–Kier alpha value is -2.54. The zero-order chi connectivity index (χ0) is 18.8. The molecule has 140 valence electrons. The molecule has 1 aromatic heterocycles. The molecular formula is C20H22N4O2S. The minimum atomic E-state index is -0.617. The zero-order valence-corrected chi connectivity index (χ0v) is 15.8. The van der Waals surface area contributed by atoms with Gasteiger partial charge in [0.05, 0.1) is 11.9 Å². The Morgan fingerprint density at radius 3 is 3.00 bits per heavy atom. The van der Waals surface area contributed by atoms with Crippen LogP contribution >= 0.6 is 12.2 Å². The quantitative estimate of drug-likeness (QED) is 0.610. The number of aromatic nitrogens is 2. The first-order valence-corrected chi connectivity index (χ1v) is 9.81. The van der Waals surface area contributed by atoms with Gasteiger partial charge >= 0.3 is 0 Å². The van der Waals surface area contributed by atoms with Crippen molar-refractivity contribution in [2.45, 2.75) is 44.6 Å². The van der Waals surface area contributed by atoms with Crippen LogP contribution in [0, 0.1) is 4.77 Å². The van der Waals surface area contributed by atoms with Gasteiger partial charge in [-0.25, -0.2) is 9.55 Å². The molecule has 2 N–H and O–H groups in total. The molecule has 2 aliphatic rings.